The molecule has 0 aromatic heterocycles. The molecular formula is C49H69N11O5. The van der Waals surface area contributed by atoms with Gasteiger partial charge in [0.15, 0.2) is 0 Å². The Labute approximate surface area is 383 Å². The molecule has 2 bridgehead atoms. The number of nitrogens with zero attached hydrogens (tertiary/aromatic N) is 5. The van der Waals surface area contributed by atoms with Crippen molar-refractivity contribution in [1.29, 1.82) is 0 Å². The number of piperazine rings is 1. The molecular weight excluding hydrogens is 823 g/mol. The fourth-order valence-corrected chi connectivity index (χ4v) is 12.3. The minimum absolute atomic E-state index is 0.0176. The lowest BCUT2D eigenvalue weighted by atomic mass is 9.66. The molecule has 16 heteroatoms. The molecule has 7 fully saturated rings. The van der Waals surface area contributed by atoms with Gasteiger partial charge in [0.2, 0.25) is 17.7 Å². The maximum Gasteiger partial charge on any atom is 0.252 e. The van der Waals surface area contributed by atoms with Crippen molar-refractivity contribution in [2.75, 3.05) is 67.5 Å². The highest BCUT2D eigenvalue weighted by atomic mass is 16.3. The molecule has 7 atom stereocenters. The molecule has 2 aromatic rings. The minimum Gasteiger partial charge on any atom is -0.389 e. The van der Waals surface area contributed by atoms with Crippen LogP contribution in [0, 0.1) is 11.3 Å². The van der Waals surface area contributed by atoms with Crippen LogP contribution in [0.4, 0.5) is 17.1 Å². The van der Waals surface area contributed by atoms with Gasteiger partial charge in [0, 0.05) is 86.9 Å². The highest BCUT2D eigenvalue weighted by molar-refractivity contribution is 6.04. The molecule has 1 spiro atoms. The standard InChI is InChI=1S/C49H69N11O5/c1-48(65)19-3-2-4-24-59-46(64)38-32-50-47(55-43(38)60(59)41-10-6-9-40(48)53-41)51-34-11-13-35(14-12-34)57-27-29-58(30-28-57)36-17-20-49(21-18-36)22-25-56(26-23-49)37-8-5-7-33(31-37)44(62)52-39-15-16-42(61)54-45(39)63/h2,4-5,7-8,11-14,31,36,38-41,43,47,50-51,53,55,65H,3,6,9-10,15-30,32H2,1H3,(H,52,62)(H,54,61,63)/b4-2-/t38?,39?,40?,41?,43?,47?,48-/m1/s1. The molecule has 8 aliphatic rings. The zero-order valence-electron chi connectivity index (χ0n) is 38.0. The number of fused-ring (bicyclic) bond motifs is 6. The van der Waals surface area contributed by atoms with Crippen LogP contribution in [0.2, 0.25) is 0 Å². The van der Waals surface area contributed by atoms with Gasteiger partial charge in [-0.1, -0.05) is 18.2 Å². The van der Waals surface area contributed by atoms with Crippen molar-refractivity contribution in [2.24, 2.45) is 11.3 Å². The van der Waals surface area contributed by atoms with Crippen molar-refractivity contribution in [3.05, 3.63) is 66.2 Å². The number of benzene rings is 2. The fraction of sp³-hybridized carbons (Fsp3) is 0.633. The number of hydrazine groups is 1. The molecule has 0 radical (unpaired) electrons. The van der Waals surface area contributed by atoms with E-state index in [1.807, 2.05) is 24.1 Å². The Balaban J connectivity index is 0.676. The molecule has 7 N–H and O–H groups in total. The highest BCUT2D eigenvalue weighted by Gasteiger charge is 2.53. The van der Waals surface area contributed by atoms with E-state index in [1.54, 1.807) is 6.07 Å². The number of piperidine rings is 3. The van der Waals surface area contributed by atoms with Gasteiger partial charge in [-0.15, -0.1) is 0 Å². The number of nitrogens with one attached hydrogen (secondary N) is 6. The zero-order valence-corrected chi connectivity index (χ0v) is 38.0. The summed E-state index contributed by atoms with van der Waals surface area (Å²) in [6.45, 7) is 9.21. The van der Waals surface area contributed by atoms with E-state index in [0.717, 1.165) is 89.2 Å². The van der Waals surface area contributed by atoms with Gasteiger partial charge in [0.25, 0.3) is 5.91 Å². The van der Waals surface area contributed by atoms with Gasteiger partial charge >= 0.3 is 0 Å². The van der Waals surface area contributed by atoms with Crippen LogP contribution in [0.3, 0.4) is 0 Å². The molecule has 2 aromatic carbocycles. The van der Waals surface area contributed by atoms with E-state index in [0.29, 0.717) is 43.0 Å². The van der Waals surface area contributed by atoms with E-state index in [4.69, 9.17) is 0 Å². The zero-order chi connectivity index (χ0) is 44.7. The Bertz CT molecular complexity index is 2090. The third kappa shape index (κ3) is 9.39. The van der Waals surface area contributed by atoms with Gasteiger partial charge in [0.05, 0.1) is 30.4 Å². The Morgan fingerprint density at radius 2 is 1.58 bits per heavy atom. The Morgan fingerprint density at radius 3 is 2.35 bits per heavy atom. The third-order valence-corrected chi connectivity index (χ3v) is 16.3. The predicted octanol–water partition coefficient (Wildman–Crippen LogP) is 3.03. The Kier molecular flexibility index (Phi) is 12.7. The topological polar surface area (TPSA) is 177 Å². The van der Waals surface area contributed by atoms with Crippen LogP contribution in [-0.2, 0) is 14.4 Å². The molecule has 1 saturated carbocycles. The SMILES string of the molecule is C[C@@]1(O)CC/C=C\CN2C(=O)C3CNC(Nc4ccc(N5CCN(C6CCC7(CC6)CCN(c6cccc(C(=O)NC8CCC(=O)NC8=O)c6)CC7)CC5)cc4)NC3N2C2CCCC1N2. The maximum atomic E-state index is 13.8. The largest absolute Gasteiger partial charge is 0.389 e. The summed E-state index contributed by atoms with van der Waals surface area (Å²) in [6.07, 6.45) is 16.1. The monoisotopic (exact) mass is 892 g/mol. The first-order valence-electron chi connectivity index (χ1n) is 24.6. The van der Waals surface area contributed by atoms with Gasteiger partial charge in [-0.05, 0) is 132 Å². The first-order chi connectivity index (χ1) is 31.5. The molecule has 16 nitrogen and oxygen atoms in total. The minimum atomic E-state index is -0.806. The third-order valence-electron chi connectivity index (χ3n) is 16.3. The summed E-state index contributed by atoms with van der Waals surface area (Å²) in [5.74, 6) is -1.07. The lowest BCUT2D eigenvalue weighted by Gasteiger charge is -2.49. The number of hydrogen-bond donors (Lipinski definition) is 7. The number of aliphatic hydroxyl groups is 1. The summed E-state index contributed by atoms with van der Waals surface area (Å²) < 4.78 is 0. The van der Waals surface area contributed by atoms with Gasteiger partial charge in [-0.25, -0.2) is 0 Å². The van der Waals surface area contributed by atoms with Gasteiger partial charge in [-0.2, -0.15) is 5.01 Å². The van der Waals surface area contributed by atoms with Crippen LogP contribution in [0.25, 0.3) is 0 Å². The van der Waals surface area contributed by atoms with Gasteiger partial charge in [-0.3, -0.25) is 50.4 Å². The second-order valence-electron chi connectivity index (χ2n) is 20.4. The quantitative estimate of drug-likeness (QED) is 0.160. The number of rotatable bonds is 7. The molecule has 65 heavy (non-hydrogen) atoms. The molecule has 350 valence electrons. The summed E-state index contributed by atoms with van der Waals surface area (Å²) in [4.78, 5) is 58.2. The fourth-order valence-electron chi connectivity index (χ4n) is 12.3. The van der Waals surface area contributed by atoms with Crippen molar-refractivity contribution in [1.82, 2.24) is 41.5 Å². The van der Waals surface area contributed by atoms with Crippen molar-refractivity contribution in [3.63, 3.8) is 0 Å². The number of imide groups is 1. The second-order valence-corrected chi connectivity index (χ2v) is 20.4. The average molecular weight is 892 g/mol. The molecule has 1 aliphatic carbocycles. The summed E-state index contributed by atoms with van der Waals surface area (Å²) in [5.41, 5.74) is 3.44. The number of carbonyl (C=O) groups excluding carboxylic acids is 4. The molecule has 6 saturated heterocycles. The summed E-state index contributed by atoms with van der Waals surface area (Å²) in [7, 11) is 0. The number of hydrogen-bond acceptors (Lipinski definition) is 13. The molecule has 4 amide bonds. The van der Waals surface area contributed by atoms with Crippen LogP contribution in [0.15, 0.2) is 60.7 Å². The van der Waals surface area contributed by atoms with Crippen LogP contribution in [-0.4, -0.2) is 138 Å². The molecule has 6 unspecified atom stereocenters. The first kappa shape index (κ1) is 44.3. The van der Waals surface area contributed by atoms with Crippen LogP contribution in [0.1, 0.15) is 101 Å². The normalized spacial score (nSPS) is 33.1. The lowest BCUT2D eigenvalue weighted by molar-refractivity contribution is -0.146. The van der Waals surface area contributed by atoms with E-state index in [2.05, 4.69) is 94.1 Å². The Morgan fingerprint density at radius 1 is 0.815 bits per heavy atom. The molecule has 7 heterocycles. The lowest BCUT2D eigenvalue weighted by Crippen LogP contribution is -2.69. The maximum absolute atomic E-state index is 13.8. The van der Waals surface area contributed by atoms with Crippen molar-refractivity contribution < 1.29 is 24.3 Å². The first-order valence-corrected chi connectivity index (χ1v) is 24.6. The summed E-state index contributed by atoms with van der Waals surface area (Å²) >= 11 is 0. The number of amides is 4. The summed E-state index contributed by atoms with van der Waals surface area (Å²) in [5, 5.41) is 35.4. The number of allylic oxidation sites excluding steroid dienone is 1. The van der Waals surface area contributed by atoms with Crippen LogP contribution in [0.5, 0.6) is 0 Å². The smallest absolute Gasteiger partial charge is 0.252 e. The van der Waals surface area contributed by atoms with E-state index >= 15 is 0 Å². The molecule has 7 aliphatic heterocycles. The van der Waals surface area contributed by atoms with Gasteiger partial charge in [0.1, 0.15) is 12.3 Å². The van der Waals surface area contributed by atoms with Crippen molar-refractivity contribution >= 4 is 40.7 Å². The highest BCUT2D eigenvalue weighted by Crippen LogP contribution is 2.46. The number of carbonyl (C=O) groups is 4. The summed E-state index contributed by atoms with van der Waals surface area (Å²) in [6, 6.07) is 16.4. The second kappa shape index (κ2) is 18.6. The van der Waals surface area contributed by atoms with Crippen molar-refractivity contribution in [2.45, 2.75) is 133 Å². The van der Waals surface area contributed by atoms with E-state index < -0.39 is 17.6 Å². The van der Waals surface area contributed by atoms with E-state index in [-0.39, 0.29) is 54.7 Å². The predicted molar refractivity (Wildman–Crippen MR) is 249 cm³/mol. The molecule has 10 rings (SSSR count). The van der Waals surface area contributed by atoms with E-state index in [1.165, 1.54) is 31.4 Å². The van der Waals surface area contributed by atoms with E-state index in [9.17, 15) is 24.3 Å². The Hall–Kier alpha value is -4.58. The van der Waals surface area contributed by atoms with Crippen LogP contribution >= 0.6 is 0 Å². The van der Waals surface area contributed by atoms with Gasteiger partial charge < -0.3 is 25.5 Å². The van der Waals surface area contributed by atoms with Crippen LogP contribution < -0.4 is 41.7 Å². The number of anilines is 3. The van der Waals surface area contributed by atoms with Crippen molar-refractivity contribution in [3.8, 4) is 0 Å². The average Bonchev–Trinajstić information content (AvgIpc) is 3.59.